The number of guanidine groups is 2. The number of hydrogen-bond acceptors (Lipinski definition) is 2. The van der Waals surface area contributed by atoms with Crippen LogP contribution in [-0.4, -0.2) is 18.5 Å². The highest BCUT2D eigenvalue weighted by Gasteiger charge is 2.10. The van der Waals surface area contributed by atoms with Crippen molar-refractivity contribution in [1.29, 1.82) is 10.8 Å². The largest absolute Gasteiger partial charge is 0.370 e. The number of unbranched alkanes of at least 4 members (excludes halogenated alkanes) is 2. The van der Waals surface area contributed by atoms with Crippen molar-refractivity contribution in [2.45, 2.75) is 31.7 Å². The van der Waals surface area contributed by atoms with E-state index < -0.39 is 0 Å². The van der Waals surface area contributed by atoms with Gasteiger partial charge in [-0.25, -0.2) is 0 Å². The Morgan fingerprint density at radius 2 is 1.70 bits per heavy atom. The molecule has 1 aromatic carbocycles. The lowest BCUT2D eigenvalue weighted by atomic mass is 10.0. The first kappa shape index (κ1) is 15.8. The van der Waals surface area contributed by atoms with Crippen LogP contribution >= 0.6 is 0 Å². The van der Waals surface area contributed by atoms with E-state index in [1.165, 1.54) is 0 Å². The molecule has 6 nitrogen and oxygen atoms in total. The van der Waals surface area contributed by atoms with Gasteiger partial charge in [-0.2, -0.15) is 0 Å². The van der Waals surface area contributed by atoms with Gasteiger partial charge < -0.3 is 22.1 Å². The molecule has 0 radical (unpaired) electrons. The maximum absolute atomic E-state index is 7.39. The molecule has 0 saturated heterocycles. The lowest BCUT2D eigenvalue weighted by Gasteiger charge is -2.19. The van der Waals surface area contributed by atoms with E-state index in [2.05, 4.69) is 10.6 Å². The SMILES string of the molecule is N=C(N)NCCCCCC(NC(=N)N)c1ccccc1. The molecule has 0 aliphatic heterocycles. The average molecular weight is 276 g/mol. The summed E-state index contributed by atoms with van der Waals surface area (Å²) in [7, 11) is 0. The molecule has 1 rings (SSSR count). The van der Waals surface area contributed by atoms with Gasteiger partial charge in [-0.05, 0) is 18.4 Å². The summed E-state index contributed by atoms with van der Waals surface area (Å²) in [6.45, 7) is 0.728. The van der Waals surface area contributed by atoms with Crippen molar-refractivity contribution in [1.82, 2.24) is 10.6 Å². The van der Waals surface area contributed by atoms with E-state index in [0.29, 0.717) is 0 Å². The molecule has 20 heavy (non-hydrogen) atoms. The van der Waals surface area contributed by atoms with E-state index >= 15 is 0 Å². The minimum atomic E-state index is -0.00269. The third-order valence-corrected chi connectivity index (χ3v) is 3.02. The Labute approximate surface area is 120 Å². The molecule has 0 spiro atoms. The monoisotopic (exact) mass is 276 g/mol. The lowest BCUT2D eigenvalue weighted by molar-refractivity contribution is 0.530. The zero-order chi connectivity index (χ0) is 14.8. The van der Waals surface area contributed by atoms with Gasteiger partial charge in [-0.3, -0.25) is 10.8 Å². The van der Waals surface area contributed by atoms with Gasteiger partial charge in [0.2, 0.25) is 0 Å². The fraction of sp³-hybridized carbons (Fsp3) is 0.429. The van der Waals surface area contributed by atoms with Crippen LogP contribution in [0.15, 0.2) is 30.3 Å². The zero-order valence-corrected chi connectivity index (χ0v) is 11.7. The second kappa shape index (κ2) is 8.79. The summed E-state index contributed by atoms with van der Waals surface area (Å²) >= 11 is 0. The molecule has 0 aromatic heterocycles. The molecule has 1 aromatic rings. The van der Waals surface area contributed by atoms with Crippen LogP contribution in [0.25, 0.3) is 0 Å². The average Bonchev–Trinajstić information content (AvgIpc) is 2.41. The highest BCUT2D eigenvalue weighted by Crippen LogP contribution is 2.19. The molecule has 0 bridgehead atoms. The van der Waals surface area contributed by atoms with E-state index in [4.69, 9.17) is 22.3 Å². The number of nitrogens with one attached hydrogen (secondary N) is 4. The van der Waals surface area contributed by atoms with Gasteiger partial charge in [-0.15, -0.1) is 0 Å². The minimum absolute atomic E-state index is 0.00269. The fourth-order valence-electron chi connectivity index (χ4n) is 2.07. The highest BCUT2D eigenvalue weighted by atomic mass is 15.1. The third-order valence-electron chi connectivity index (χ3n) is 3.02. The highest BCUT2D eigenvalue weighted by molar-refractivity contribution is 5.74. The van der Waals surface area contributed by atoms with Gasteiger partial charge in [0, 0.05) is 6.54 Å². The second-order valence-electron chi connectivity index (χ2n) is 4.71. The van der Waals surface area contributed by atoms with Gasteiger partial charge in [0.25, 0.3) is 0 Å². The van der Waals surface area contributed by atoms with E-state index in [9.17, 15) is 0 Å². The summed E-state index contributed by atoms with van der Waals surface area (Å²) in [5.41, 5.74) is 11.8. The van der Waals surface area contributed by atoms with E-state index in [0.717, 1.165) is 37.8 Å². The van der Waals surface area contributed by atoms with Crippen molar-refractivity contribution in [2.75, 3.05) is 6.54 Å². The van der Waals surface area contributed by atoms with Crippen LogP contribution in [0.2, 0.25) is 0 Å². The molecule has 8 N–H and O–H groups in total. The van der Waals surface area contributed by atoms with E-state index in [-0.39, 0.29) is 18.0 Å². The number of rotatable bonds is 8. The zero-order valence-electron chi connectivity index (χ0n) is 11.7. The van der Waals surface area contributed by atoms with Gasteiger partial charge in [0.05, 0.1) is 6.04 Å². The van der Waals surface area contributed by atoms with Crippen molar-refractivity contribution in [2.24, 2.45) is 11.5 Å². The molecule has 0 aliphatic rings. The van der Waals surface area contributed by atoms with Crippen LogP contribution in [0.5, 0.6) is 0 Å². The molecule has 0 heterocycles. The van der Waals surface area contributed by atoms with Gasteiger partial charge in [0.15, 0.2) is 11.9 Å². The molecule has 110 valence electrons. The standard InChI is InChI=1S/C14H24N6/c15-13(16)19-10-6-2-5-9-12(20-14(17)18)11-7-3-1-4-8-11/h1,3-4,7-8,12H,2,5-6,9-10H2,(H4,15,16,19)(H4,17,18,20). The predicted molar refractivity (Wildman–Crippen MR) is 82.6 cm³/mol. The number of hydrogen-bond donors (Lipinski definition) is 6. The molecule has 1 unspecified atom stereocenters. The molecule has 0 saturated carbocycles. The normalized spacial score (nSPS) is 11.6. The maximum Gasteiger partial charge on any atom is 0.186 e. The number of benzene rings is 1. The molecule has 0 aliphatic carbocycles. The summed E-state index contributed by atoms with van der Waals surface area (Å²) in [6.07, 6.45) is 3.97. The van der Waals surface area contributed by atoms with Gasteiger partial charge >= 0.3 is 0 Å². The van der Waals surface area contributed by atoms with Crippen molar-refractivity contribution >= 4 is 11.9 Å². The quantitative estimate of drug-likeness (QED) is 0.243. The first-order valence-electron chi connectivity index (χ1n) is 6.83. The molecule has 0 fully saturated rings. The Kier molecular flexibility index (Phi) is 6.95. The predicted octanol–water partition coefficient (Wildman–Crippen LogP) is 1.25. The van der Waals surface area contributed by atoms with Crippen LogP contribution < -0.4 is 22.1 Å². The molecule has 6 heteroatoms. The van der Waals surface area contributed by atoms with Crippen LogP contribution in [-0.2, 0) is 0 Å². The second-order valence-corrected chi connectivity index (χ2v) is 4.71. The number of nitrogens with two attached hydrogens (primary N) is 2. The van der Waals surface area contributed by atoms with E-state index in [1.807, 2.05) is 30.3 Å². The first-order chi connectivity index (χ1) is 9.59. The summed E-state index contributed by atoms with van der Waals surface area (Å²) in [6, 6.07) is 10.1. The van der Waals surface area contributed by atoms with Gasteiger partial charge in [-0.1, -0.05) is 43.2 Å². The Balaban J connectivity index is 2.35. The summed E-state index contributed by atoms with van der Waals surface area (Å²) in [5.74, 6) is 0.0162. The van der Waals surface area contributed by atoms with Gasteiger partial charge in [0.1, 0.15) is 0 Å². The minimum Gasteiger partial charge on any atom is -0.370 e. The summed E-state index contributed by atoms with van der Waals surface area (Å²) < 4.78 is 0. The first-order valence-corrected chi connectivity index (χ1v) is 6.83. The van der Waals surface area contributed by atoms with Crippen molar-refractivity contribution in [3.8, 4) is 0 Å². The third kappa shape index (κ3) is 6.63. The molecule has 1 atom stereocenters. The Morgan fingerprint density at radius 3 is 2.30 bits per heavy atom. The molecule has 0 amide bonds. The van der Waals surface area contributed by atoms with Crippen molar-refractivity contribution < 1.29 is 0 Å². The van der Waals surface area contributed by atoms with Crippen LogP contribution in [0.1, 0.15) is 37.3 Å². The Hall–Kier alpha value is -2.24. The molecular weight excluding hydrogens is 252 g/mol. The van der Waals surface area contributed by atoms with Crippen molar-refractivity contribution in [3.05, 3.63) is 35.9 Å². The van der Waals surface area contributed by atoms with Crippen LogP contribution in [0, 0.1) is 10.8 Å². The molecular formula is C14H24N6. The smallest absolute Gasteiger partial charge is 0.186 e. The van der Waals surface area contributed by atoms with Crippen LogP contribution in [0.3, 0.4) is 0 Å². The van der Waals surface area contributed by atoms with Crippen molar-refractivity contribution in [3.63, 3.8) is 0 Å². The van der Waals surface area contributed by atoms with Crippen LogP contribution in [0.4, 0.5) is 0 Å². The fourth-order valence-corrected chi connectivity index (χ4v) is 2.07. The Bertz CT molecular complexity index is 417. The Morgan fingerprint density at radius 1 is 1.00 bits per heavy atom. The maximum atomic E-state index is 7.39. The summed E-state index contributed by atoms with van der Waals surface area (Å²) in [4.78, 5) is 0. The summed E-state index contributed by atoms with van der Waals surface area (Å²) in [5, 5.41) is 20.2. The topological polar surface area (TPSA) is 124 Å². The lowest BCUT2D eigenvalue weighted by Crippen LogP contribution is -2.34. The van der Waals surface area contributed by atoms with E-state index in [1.54, 1.807) is 0 Å².